The van der Waals surface area contributed by atoms with E-state index in [0.29, 0.717) is 22.2 Å². The second kappa shape index (κ2) is 6.97. The predicted molar refractivity (Wildman–Crippen MR) is 98.4 cm³/mol. The number of halogens is 1. The van der Waals surface area contributed by atoms with E-state index in [4.69, 9.17) is 23.1 Å². The topological polar surface area (TPSA) is 93.9 Å². The minimum atomic E-state index is 0.420. The van der Waals surface area contributed by atoms with E-state index in [-0.39, 0.29) is 0 Å². The highest BCUT2D eigenvalue weighted by Gasteiger charge is 2.11. The largest absolute Gasteiger partial charge is 0.396 e. The molecule has 0 radical (unpaired) electrons. The second-order valence-electron chi connectivity index (χ2n) is 5.06. The summed E-state index contributed by atoms with van der Waals surface area (Å²) in [4.78, 5) is 4.28. The van der Waals surface area contributed by atoms with Crippen LogP contribution in [0, 0.1) is 0 Å². The van der Waals surface area contributed by atoms with Crippen molar-refractivity contribution in [2.45, 2.75) is 0 Å². The Kier molecular flexibility index (Phi) is 4.58. The lowest BCUT2D eigenvalue weighted by molar-refractivity contribution is 1.05. The quantitative estimate of drug-likeness (QED) is 0.536. The molecule has 0 amide bonds. The van der Waals surface area contributed by atoms with Gasteiger partial charge in [0.25, 0.3) is 0 Å². The number of nitrogens with zero attached hydrogens (tertiary/aromatic N) is 2. The normalized spacial score (nSPS) is 11.3. The molecule has 6 nitrogen and oxygen atoms in total. The van der Waals surface area contributed by atoms with Crippen LogP contribution in [0.5, 0.6) is 0 Å². The second-order valence-corrected chi connectivity index (χ2v) is 5.50. The first kappa shape index (κ1) is 15.8. The van der Waals surface area contributed by atoms with E-state index in [9.17, 15) is 0 Å². The van der Waals surface area contributed by atoms with Crippen molar-refractivity contribution in [1.82, 2.24) is 15.0 Å². The lowest BCUT2D eigenvalue weighted by atomic mass is 10.3. The van der Waals surface area contributed by atoms with Crippen LogP contribution in [-0.4, -0.2) is 9.55 Å². The molecule has 0 fully saturated rings. The molecule has 6 N–H and O–H groups in total. The summed E-state index contributed by atoms with van der Waals surface area (Å²) in [6, 6.07) is 17.0. The first-order valence-electron chi connectivity index (χ1n) is 7.26. The standard InChI is InChI=1S/C17H17ClN6/c18-12-6-8-14(9-7-12)24-11-21-16(17(24)20)15(19)10-22-23-13-4-2-1-3-5-13/h1-11,22-23H,19-20H2/b15-10-. The molecule has 1 heterocycles. The summed E-state index contributed by atoms with van der Waals surface area (Å²) >= 11 is 5.90. The number of hydrogen-bond donors (Lipinski definition) is 4. The molecule has 0 aliphatic heterocycles. The number of para-hydroxylation sites is 1. The Morgan fingerprint density at radius 3 is 2.50 bits per heavy atom. The number of rotatable bonds is 5. The number of nitrogens with one attached hydrogen (secondary N) is 2. The van der Waals surface area contributed by atoms with Crippen LogP contribution in [0.15, 0.2) is 67.1 Å². The van der Waals surface area contributed by atoms with Gasteiger partial charge in [0.05, 0.1) is 11.4 Å². The molecular weight excluding hydrogens is 324 g/mol. The van der Waals surface area contributed by atoms with Crippen LogP contribution in [-0.2, 0) is 0 Å². The molecule has 0 aliphatic carbocycles. The van der Waals surface area contributed by atoms with Gasteiger partial charge < -0.3 is 22.3 Å². The molecule has 0 atom stereocenters. The number of nitrogens with two attached hydrogens (primary N) is 2. The highest BCUT2D eigenvalue weighted by molar-refractivity contribution is 6.30. The van der Waals surface area contributed by atoms with E-state index in [2.05, 4.69) is 15.8 Å². The smallest absolute Gasteiger partial charge is 0.137 e. The fraction of sp³-hybridized carbons (Fsp3) is 0. The Morgan fingerprint density at radius 2 is 1.79 bits per heavy atom. The molecule has 0 unspecified atom stereocenters. The van der Waals surface area contributed by atoms with Gasteiger partial charge in [0, 0.05) is 16.9 Å². The van der Waals surface area contributed by atoms with Gasteiger partial charge in [0.2, 0.25) is 0 Å². The van der Waals surface area contributed by atoms with Crippen molar-refractivity contribution in [2.75, 3.05) is 11.2 Å². The Balaban J connectivity index is 1.74. The Hall–Kier alpha value is -3.12. The maximum atomic E-state index is 6.16. The maximum Gasteiger partial charge on any atom is 0.137 e. The van der Waals surface area contributed by atoms with E-state index in [1.54, 1.807) is 29.2 Å². The molecule has 0 bridgehead atoms. The van der Waals surface area contributed by atoms with Gasteiger partial charge >= 0.3 is 0 Å². The molecule has 24 heavy (non-hydrogen) atoms. The van der Waals surface area contributed by atoms with E-state index < -0.39 is 0 Å². The fourth-order valence-electron chi connectivity index (χ4n) is 2.17. The zero-order valence-corrected chi connectivity index (χ0v) is 13.5. The van der Waals surface area contributed by atoms with Gasteiger partial charge in [0.1, 0.15) is 17.8 Å². The minimum Gasteiger partial charge on any atom is -0.396 e. The van der Waals surface area contributed by atoms with Crippen molar-refractivity contribution < 1.29 is 0 Å². The molecular formula is C17H17ClN6. The van der Waals surface area contributed by atoms with E-state index in [1.807, 2.05) is 42.5 Å². The van der Waals surface area contributed by atoms with Crippen molar-refractivity contribution >= 4 is 28.8 Å². The minimum absolute atomic E-state index is 0.420. The number of nitrogen functional groups attached to an aromatic ring is 1. The number of anilines is 2. The van der Waals surface area contributed by atoms with Crippen LogP contribution in [0.3, 0.4) is 0 Å². The van der Waals surface area contributed by atoms with Crippen LogP contribution in [0.4, 0.5) is 11.5 Å². The zero-order chi connectivity index (χ0) is 16.9. The van der Waals surface area contributed by atoms with Crippen LogP contribution >= 0.6 is 11.6 Å². The SMILES string of the molecule is N/C(=C\NNc1ccccc1)c1ncn(-c2ccc(Cl)cc2)c1N. The van der Waals surface area contributed by atoms with Crippen LogP contribution in [0.2, 0.25) is 5.02 Å². The highest BCUT2D eigenvalue weighted by atomic mass is 35.5. The van der Waals surface area contributed by atoms with Crippen LogP contribution in [0.1, 0.15) is 5.69 Å². The van der Waals surface area contributed by atoms with Gasteiger partial charge in [-0.3, -0.25) is 4.57 Å². The lowest BCUT2D eigenvalue weighted by Crippen LogP contribution is -2.17. The number of imidazole rings is 1. The molecule has 0 spiro atoms. The van der Waals surface area contributed by atoms with Crippen molar-refractivity contribution in [3.8, 4) is 5.69 Å². The molecule has 0 saturated heterocycles. The third-order valence-corrected chi connectivity index (χ3v) is 3.65. The molecule has 2 aromatic carbocycles. The third-order valence-electron chi connectivity index (χ3n) is 3.40. The van der Waals surface area contributed by atoms with Crippen LogP contribution < -0.4 is 22.3 Å². The summed E-state index contributed by atoms with van der Waals surface area (Å²) in [7, 11) is 0. The molecule has 0 saturated carbocycles. The highest BCUT2D eigenvalue weighted by Crippen LogP contribution is 2.21. The number of aromatic nitrogens is 2. The number of hydrazine groups is 1. The fourth-order valence-corrected chi connectivity index (χ4v) is 2.30. The maximum absolute atomic E-state index is 6.16. The van der Waals surface area contributed by atoms with Crippen molar-refractivity contribution in [2.24, 2.45) is 5.73 Å². The summed E-state index contributed by atoms with van der Waals surface area (Å²) in [6.07, 6.45) is 3.23. The van der Waals surface area contributed by atoms with Crippen molar-refractivity contribution in [1.29, 1.82) is 0 Å². The Labute approximate surface area is 144 Å². The van der Waals surface area contributed by atoms with Gasteiger partial charge in [-0.25, -0.2) is 4.98 Å². The van der Waals surface area contributed by atoms with Gasteiger partial charge in [-0.15, -0.1) is 0 Å². The van der Waals surface area contributed by atoms with E-state index in [1.165, 1.54) is 0 Å². The Morgan fingerprint density at radius 1 is 1.08 bits per heavy atom. The summed E-state index contributed by atoms with van der Waals surface area (Å²) in [6.45, 7) is 0. The van der Waals surface area contributed by atoms with Crippen molar-refractivity contribution in [3.05, 3.63) is 77.8 Å². The van der Waals surface area contributed by atoms with Crippen LogP contribution in [0.25, 0.3) is 11.4 Å². The first-order chi connectivity index (χ1) is 11.6. The molecule has 7 heteroatoms. The van der Waals surface area contributed by atoms with E-state index >= 15 is 0 Å². The molecule has 1 aromatic heterocycles. The predicted octanol–water partition coefficient (Wildman–Crippen LogP) is 2.98. The summed E-state index contributed by atoms with van der Waals surface area (Å²) in [5.41, 5.74) is 20.9. The third kappa shape index (κ3) is 3.44. The van der Waals surface area contributed by atoms with Gasteiger partial charge in [-0.1, -0.05) is 29.8 Å². The summed E-state index contributed by atoms with van der Waals surface area (Å²) in [5, 5.41) is 0.660. The average Bonchev–Trinajstić information content (AvgIpc) is 2.98. The molecule has 3 aromatic rings. The average molecular weight is 341 g/mol. The zero-order valence-electron chi connectivity index (χ0n) is 12.8. The number of benzene rings is 2. The Bertz CT molecular complexity index is 839. The molecule has 3 rings (SSSR count). The van der Waals surface area contributed by atoms with Crippen molar-refractivity contribution in [3.63, 3.8) is 0 Å². The lowest BCUT2D eigenvalue weighted by Gasteiger charge is -2.08. The van der Waals surface area contributed by atoms with Gasteiger partial charge in [-0.05, 0) is 36.4 Å². The molecule has 0 aliphatic rings. The first-order valence-corrected chi connectivity index (χ1v) is 7.64. The van der Waals surface area contributed by atoms with Gasteiger partial charge in [-0.2, -0.15) is 0 Å². The molecule has 122 valence electrons. The van der Waals surface area contributed by atoms with E-state index in [0.717, 1.165) is 11.4 Å². The summed E-state index contributed by atoms with van der Waals surface area (Å²) < 4.78 is 1.75. The summed E-state index contributed by atoms with van der Waals surface area (Å²) in [5.74, 6) is 0.451. The number of hydrogen-bond acceptors (Lipinski definition) is 5. The monoisotopic (exact) mass is 340 g/mol. The van der Waals surface area contributed by atoms with Gasteiger partial charge in [0.15, 0.2) is 0 Å².